The number of imidazole rings is 1. The van der Waals surface area contributed by atoms with Gasteiger partial charge in [0.1, 0.15) is 0 Å². The molecule has 0 bridgehead atoms. The predicted molar refractivity (Wildman–Crippen MR) is 152 cm³/mol. The van der Waals surface area contributed by atoms with Crippen molar-refractivity contribution in [2.24, 2.45) is 17.3 Å². The summed E-state index contributed by atoms with van der Waals surface area (Å²) in [4.78, 5) is 50.0. The van der Waals surface area contributed by atoms with Crippen molar-refractivity contribution in [3.8, 4) is 0 Å². The molecular formula is C30H43F2N5O4. The Morgan fingerprint density at radius 1 is 1.10 bits per heavy atom. The Morgan fingerprint density at radius 3 is 2.34 bits per heavy atom. The zero-order valence-corrected chi connectivity index (χ0v) is 24.7. The molecule has 0 aliphatic carbocycles. The average molecular weight is 576 g/mol. The molecule has 0 saturated carbocycles. The Morgan fingerprint density at radius 2 is 1.76 bits per heavy atom. The maximum atomic E-state index is 14.4. The van der Waals surface area contributed by atoms with Crippen LogP contribution in [0.2, 0.25) is 0 Å². The first kappa shape index (κ1) is 30.7. The number of fused-ring (bicyclic) bond motifs is 1. The molecule has 1 unspecified atom stereocenters. The molecule has 41 heavy (non-hydrogen) atoms. The molecule has 1 aromatic heterocycles. The Kier molecular flexibility index (Phi) is 9.23. The number of hydrogen-bond donors (Lipinski definition) is 1. The van der Waals surface area contributed by atoms with Crippen LogP contribution in [-0.2, 0) is 11.3 Å². The molecule has 9 nitrogen and oxygen atoms in total. The smallest absolute Gasteiger partial charge is 0.407 e. The van der Waals surface area contributed by atoms with Gasteiger partial charge in [-0.2, -0.15) is 0 Å². The maximum Gasteiger partial charge on any atom is 0.407 e. The van der Waals surface area contributed by atoms with E-state index in [2.05, 4.69) is 4.98 Å². The van der Waals surface area contributed by atoms with Gasteiger partial charge in [0.2, 0.25) is 5.91 Å². The summed E-state index contributed by atoms with van der Waals surface area (Å²) in [6, 6.07) is 5.50. The van der Waals surface area contributed by atoms with Crippen molar-refractivity contribution in [1.29, 1.82) is 0 Å². The van der Waals surface area contributed by atoms with Crippen LogP contribution in [-0.4, -0.2) is 92.0 Å². The van der Waals surface area contributed by atoms with Gasteiger partial charge in [0.15, 0.2) is 5.82 Å². The van der Waals surface area contributed by atoms with E-state index in [1.165, 1.54) is 9.47 Å². The van der Waals surface area contributed by atoms with E-state index in [4.69, 9.17) is 0 Å². The van der Waals surface area contributed by atoms with Crippen LogP contribution >= 0.6 is 0 Å². The number of amides is 3. The molecule has 2 aliphatic heterocycles. The second-order valence-electron chi connectivity index (χ2n) is 12.9. The Hall–Kier alpha value is -3.24. The summed E-state index contributed by atoms with van der Waals surface area (Å²) in [7, 11) is 0. The number of alkyl halides is 2. The summed E-state index contributed by atoms with van der Waals surface area (Å²) < 4.78 is 28.7. The third kappa shape index (κ3) is 6.64. The molecule has 1 aromatic carbocycles. The third-order valence-corrected chi connectivity index (χ3v) is 8.18. The van der Waals surface area contributed by atoms with Crippen molar-refractivity contribution in [2.75, 3.05) is 26.2 Å². The molecule has 1 N–H and O–H groups in total. The van der Waals surface area contributed by atoms with Gasteiger partial charge >= 0.3 is 6.09 Å². The van der Waals surface area contributed by atoms with Crippen LogP contribution in [0.4, 0.5) is 13.6 Å². The second-order valence-corrected chi connectivity index (χ2v) is 12.9. The molecule has 2 aliphatic rings. The summed E-state index contributed by atoms with van der Waals surface area (Å²) in [6.07, 6.45) is -0.687. The number of piperidine rings is 2. The number of nitrogens with zero attached hydrogens (tertiary/aromatic N) is 5. The van der Waals surface area contributed by atoms with Crippen LogP contribution in [0.3, 0.4) is 0 Å². The zero-order chi connectivity index (χ0) is 30.1. The third-order valence-electron chi connectivity index (χ3n) is 8.18. The Labute approximate surface area is 240 Å². The maximum absolute atomic E-state index is 14.4. The Bertz CT molecular complexity index is 1250. The fourth-order valence-electron chi connectivity index (χ4n) is 6.60. The minimum absolute atomic E-state index is 0.0102. The van der Waals surface area contributed by atoms with Gasteiger partial charge in [0.25, 0.3) is 12.3 Å². The molecule has 0 spiro atoms. The first-order valence-corrected chi connectivity index (χ1v) is 14.6. The lowest BCUT2D eigenvalue weighted by molar-refractivity contribution is -0.141. The topological polar surface area (TPSA) is 99.0 Å². The van der Waals surface area contributed by atoms with Crippen LogP contribution in [0.15, 0.2) is 24.3 Å². The summed E-state index contributed by atoms with van der Waals surface area (Å²) in [5.74, 6) is -1.35. The van der Waals surface area contributed by atoms with Gasteiger partial charge < -0.3 is 24.4 Å². The van der Waals surface area contributed by atoms with E-state index in [0.717, 1.165) is 19.3 Å². The van der Waals surface area contributed by atoms with E-state index in [0.29, 0.717) is 24.1 Å². The minimum Gasteiger partial charge on any atom is -0.465 e. The van der Waals surface area contributed by atoms with Crippen molar-refractivity contribution >= 4 is 28.9 Å². The van der Waals surface area contributed by atoms with Crippen LogP contribution in [0, 0.1) is 17.3 Å². The van der Waals surface area contributed by atoms with Crippen LogP contribution in [0.1, 0.15) is 70.9 Å². The lowest BCUT2D eigenvalue weighted by atomic mass is 9.74. The molecular weight excluding hydrogens is 532 g/mol. The highest BCUT2D eigenvalue weighted by Crippen LogP contribution is 2.39. The van der Waals surface area contributed by atoms with Gasteiger partial charge in [-0.15, -0.1) is 0 Å². The van der Waals surface area contributed by atoms with E-state index in [1.807, 2.05) is 39.5 Å². The van der Waals surface area contributed by atoms with Crippen molar-refractivity contribution in [3.63, 3.8) is 0 Å². The van der Waals surface area contributed by atoms with Crippen LogP contribution in [0.25, 0.3) is 11.0 Å². The summed E-state index contributed by atoms with van der Waals surface area (Å²) >= 11 is 0. The number of aromatic nitrogens is 2. The van der Waals surface area contributed by atoms with E-state index in [1.54, 1.807) is 29.2 Å². The van der Waals surface area contributed by atoms with Gasteiger partial charge in [0, 0.05) is 26.2 Å². The molecule has 0 radical (unpaired) electrons. The van der Waals surface area contributed by atoms with E-state index in [-0.39, 0.29) is 37.2 Å². The molecule has 3 amide bonds. The summed E-state index contributed by atoms with van der Waals surface area (Å²) in [5, 5.41) is 10.4. The zero-order valence-electron chi connectivity index (χ0n) is 24.7. The highest BCUT2D eigenvalue weighted by atomic mass is 19.3. The van der Waals surface area contributed by atoms with Crippen LogP contribution < -0.4 is 0 Å². The number of carbonyl (C=O) groups excluding carboxylic acids is 2. The van der Waals surface area contributed by atoms with Crippen molar-refractivity contribution in [3.05, 3.63) is 30.1 Å². The molecule has 3 heterocycles. The van der Waals surface area contributed by atoms with Crippen molar-refractivity contribution in [1.82, 2.24) is 24.3 Å². The fraction of sp³-hybridized carbons (Fsp3) is 0.667. The quantitative estimate of drug-likeness (QED) is 0.490. The molecule has 226 valence electrons. The molecule has 4 rings (SSSR count). The second kappa shape index (κ2) is 12.3. The summed E-state index contributed by atoms with van der Waals surface area (Å²) in [6.45, 7) is 10.6. The van der Waals surface area contributed by atoms with E-state index in [9.17, 15) is 28.3 Å². The van der Waals surface area contributed by atoms with Gasteiger partial charge in [-0.05, 0) is 49.1 Å². The first-order chi connectivity index (χ1) is 19.3. The number of likely N-dealkylation sites (tertiary alicyclic amines) is 2. The fourth-order valence-corrected chi connectivity index (χ4v) is 6.60. The standard InChI is InChI=1S/C30H43F2N5O4/c1-19(2)16-36(28(39)26-33-21-11-7-8-12-22(21)35(26)18-24(31)32)23-15-20(27(38)34-13-9-6-10-14-34)17-37(29(40)41)25(23)30(3,4)5/h7-8,11-12,19-20,23-25H,6,9-10,13-18H2,1-5H3,(H,40,41)/t20-,23+,25?/m1/s1. The lowest BCUT2D eigenvalue weighted by Gasteiger charge is -2.52. The van der Waals surface area contributed by atoms with Crippen molar-refractivity contribution < 1.29 is 28.3 Å². The molecule has 2 saturated heterocycles. The minimum atomic E-state index is -2.70. The largest absolute Gasteiger partial charge is 0.465 e. The molecule has 3 atom stereocenters. The number of hydrogen-bond acceptors (Lipinski definition) is 4. The average Bonchev–Trinajstić information content (AvgIpc) is 3.27. The SMILES string of the molecule is CC(C)CN(C(=O)c1nc2ccccc2n1CC(F)F)[C@H]1C[C@@H](C(=O)N2CCCCC2)CN(C(=O)O)C1C(C)(C)C. The monoisotopic (exact) mass is 575 g/mol. The number of halogens is 2. The number of rotatable bonds is 7. The Balaban J connectivity index is 1.81. The van der Waals surface area contributed by atoms with Crippen LogP contribution in [0.5, 0.6) is 0 Å². The predicted octanol–water partition coefficient (Wildman–Crippen LogP) is 5.20. The first-order valence-electron chi connectivity index (χ1n) is 14.6. The molecule has 2 fully saturated rings. The van der Waals surface area contributed by atoms with E-state index < -0.39 is 48.4 Å². The van der Waals surface area contributed by atoms with Gasteiger partial charge in [-0.1, -0.05) is 46.8 Å². The van der Waals surface area contributed by atoms with Gasteiger partial charge in [-0.25, -0.2) is 18.6 Å². The summed E-state index contributed by atoms with van der Waals surface area (Å²) in [5.41, 5.74) is 0.283. The van der Waals surface area contributed by atoms with Gasteiger partial charge in [0.05, 0.1) is 35.6 Å². The number of carboxylic acid groups (broad SMARTS) is 1. The normalized spacial score (nSPS) is 22.0. The molecule has 2 aromatic rings. The number of benzene rings is 1. The number of carbonyl (C=O) groups is 3. The van der Waals surface area contributed by atoms with Crippen molar-refractivity contribution in [2.45, 2.75) is 85.4 Å². The number of para-hydroxylation sites is 2. The highest BCUT2D eigenvalue weighted by molar-refractivity contribution is 5.95. The lowest BCUT2D eigenvalue weighted by Crippen LogP contribution is -2.66. The highest BCUT2D eigenvalue weighted by Gasteiger charge is 2.50. The van der Waals surface area contributed by atoms with Gasteiger partial charge in [-0.3, -0.25) is 9.59 Å². The van der Waals surface area contributed by atoms with E-state index >= 15 is 0 Å². The molecule has 11 heteroatoms.